The minimum absolute atomic E-state index is 0.631. The van der Waals surface area contributed by atoms with Crippen molar-refractivity contribution in [3.05, 3.63) is 17.8 Å². The standard InChI is InChI=1S/C14H24N2O2/c1-17-10-9-15-8-4-7-14-16-11-13(18-14)12-5-2-3-6-12/h11-12,15H,2-10H2,1H3. The molecule has 1 fully saturated rings. The maximum atomic E-state index is 5.83. The van der Waals surface area contributed by atoms with Gasteiger partial charge in [-0.3, -0.25) is 0 Å². The fourth-order valence-corrected chi connectivity index (χ4v) is 2.50. The van der Waals surface area contributed by atoms with Crippen molar-refractivity contribution in [1.82, 2.24) is 10.3 Å². The predicted molar refractivity (Wildman–Crippen MR) is 70.8 cm³/mol. The lowest BCUT2D eigenvalue weighted by molar-refractivity contribution is 0.199. The van der Waals surface area contributed by atoms with Gasteiger partial charge < -0.3 is 14.5 Å². The maximum Gasteiger partial charge on any atom is 0.194 e. The van der Waals surface area contributed by atoms with Crippen LogP contribution in [0.3, 0.4) is 0 Å². The van der Waals surface area contributed by atoms with Gasteiger partial charge in [-0.1, -0.05) is 12.8 Å². The van der Waals surface area contributed by atoms with Gasteiger partial charge in [-0.15, -0.1) is 0 Å². The van der Waals surface area contributed by atoms with Crippen LogP contribution in [0.15, 0.2) is 10.6 Å². The summed E-state index contributed by atoms with van der Waals surface area (Å²) in [5.41, 5.74) is 0. The molecule has 4 heteroatoms. The van der Waals surface area contributed by atoms with Crippen LogP contribution < -0.4 is 5.32 Å². The van der Waals surface area contributed by atoms with Crippen molar-refractivity contribution in [2.45, 2.75) is 44.4 Å². The summed E-state index contributed by atoms with van der Waals surface area (Å²) in [5, 5.41) is 3.32. The third-order valence-electron chi connectivity index (χ3n) is 3.56. The lowest BCUT2D eigenvalue weighted by atomic mass is 10.1. The largest absolute Gasteiger partial charge is 0.445 e. The second-order valence-corrected chi connectivity index (χ2v) is 4.98. The molecule has 1 aliphatic carbocycles. The normalized spacial score (nSPS) is 16.5. The van der Waals surface area contributed by atoms with Crippen LogP contribution in [-0.4, -0.2) is 31.8 Å². The highest BCUT2D eigenvalue weighted by Crippen LogP contribution is 2.34. The second-order valence-electron chi connectivity index (χ2n) is 4.98. The summed E-state index contributed by atoms with van der Waals surface area (Å²) >= 11 is 0. The van der Waals surface area contributed by atoms with E-state index in [0.29, 0.717) is 5.92 Å². The zero-order valence-corrected chi connectivity index (χ0v) is 11.3. The predicted octanol–water partition coefficient (Wildman–Crippen LogP) is 2.50. The lowest BCUT2D eigenvalue weighted by Crippen LogP contribution is -2.20. The Morgan fingerprint density at radius 1 is 1.39 bits per heavy atom. The van der Waals surface area contributed by atoms with Gasteiger partial charge >= 0.3 is 0 Å². The molecule has 1 N–H and O–H groups in total. The van der Waals surface area contributed by atoms with Crippen molar-refractivity contribution in [1.29, 1.82) is 0 Å². The molecule has 0 aliphatic heterocycles. The zero-order chi connectivity index (χ0) is 12.6. The molecule has 102 valence electrons. The molecule has 0 spiro atoms. The maximum absolute atomic E-state index is 5.83. The van der Waals surface area contributed by atoms with Gasteiger partial charge in [0.15, 0.2) is 5.89 Å². The highest BCUT2D eigenvalue weighted by molar-refractivity contribution is 5.03. The van der Waals surface area contributed by atoms with Gasteiger partial charge in [0, 0.05) is 26.0 Å². The van der Waals surface area contributed by atoms with E-state index >= 15 is 0 Å². The minimum atomic E-state index is 0.631. The molecule has 2 rings (SSSR count). The molecule has 0 amide bonds. The molecular weight excluding hydrogens is 228 g/mol. The van der Waals surface area contributed by atoms with E-state index in [1.54, 1.807) is 7.11 Å². The molecule has 0 radical (unpaired) electrons. The SMILES string of the molecule is COCCNCCCc1ncc(C2CCCC2)o1. The van der Waals surface area contributed by atoms with E-state index in [9.17, 15) is 0 Å². The number of oxazole rings is 1. The molecule has 1 aliphatic rings. The summed E-state index contributed by atoms with van der Waals surface area (Å²) in [5.74, 6) is 2.63. The molecule has 0 unspecified atom stereocenters. The Bertz CT molecular complexity index is 332. The van der Waals surface area contributed by atoms with Gasteiger partial charge in [0.05, 0.1) is 12.8 Å². The molecule has 0 atom stereocenters. The van der Waals surface area contributed by atoms with Gasteiger partial charge in [-0.05, 0) is 25.8 Å². The van der Waals surface area contributed by atoms with Crippen LogP contribution in [0.5, 0.6) is 0 Å². The third-order valence-corrected chi connectivity index (χ3v) is 3.56. The lowest BCUT2D eigenvalue weighted by Gasteiger charge is -2.03. The van der Waals surface area contributed by atoms with Crippen molar-refractivity contribution >= 4 is 0 Å². The minimum Gasteiger partial charge on any atom is -0.445 e. The number of rotatable bonds is 8. The number of hydrogen-bond donors (Lipinski definition) is 1. The highest BCUT2D eigenvalue weighted by Gasteiger charge is 2.20. The smallest absolute Gasteiger partial charge is 0.194 e. The number of nitrogens with one attached hydrogen (secondary N) is 1. The van der Waals surface area contributed by atoms with Crippen LogP contribution in [-0.2, 0) is 11.2 Å². The van der Waals surface area contributed by atoms with Crippen molar-refractivity contribution in [2.75, 3.05) is 26.8 Å². The molecule has 0 aromatic carbocycles. The average molecular weight is 252 g/mol. The van der Waals surface area contributed by atoms with Crippen molar-refractivity contribution in [3.63, 3.8) is 0 Å². The summed E-state index contributed by atoms with van der Waals surface area (Å²) in [4.78, 5) is 4.38. The van der Waals surface area contributed by atoms with E-state index in [0.717, 1.165) is 44.2 Å². The third kappa shape index (κ3) is 4.10. The Balaban J connectivity index is 1.64. The van der Waals surface area contributed by atoms with Crippen molar-refractivity contribution in [2.24, 2.45) is 0 Å². The van der Waals surface area contributed by atoms with Gasteiger partial charge in [0.1, 0.15) is 5.76 Å². The van der Waals surface area contributed by atoms with Crippen LogP contribution >= 0.6 is 0 Å². The van der Waals surface area contributed by atoms with E-state index in [1.807, 2.05) is 6.20 Å². The average Bonchev–Trinajstić information content (AvgIpc) is 3.03. The quantitative estimate of drug-likeness (QED) is 0.722. The monoisotopic (exact) mass is 252 g/mol. The van der Waals surface area contributed by atoms with Crippen LogP contribution in [0.2, 0.25) is 0 Å². The van der Waals surface area contributed by atoms with E-state index in [2.05, 4.69) is 10.3 Å². The number of aryl methyl sites for hydroxylation is 1. The van der Waals surface area contributed by atoms with E-state index in [1.165, 1.54) is 25.7 Å². The molecule has 4 nitrogen and oxygen atoms in total. The van der Waals surface area contributed by atoms with Crippen LogP contribution in [0.25, 0.3) is 0 Å². The summed E-state index contributed by atoms with van der Waals surface area (Å²) in [7, 11) is 1.72. The molecule has 0 bridgehead atoms. The van der Waals surface area contributed by atoms with Crippen LogP contribution in [0.4, 0.5) is 0 Å². The first kappa shape index (κ1) is 13.6. The summed E-state index contributed by atoms with van der Waals surface area (Å²) in [6.07, 6.45) is 9.14. The molecule has 1 aromatic rings. The Morgan fingerprint density at radius 2 is 2.22 bits per heavy atom. The first-order valence-electron chi connectivity index (χ1n) is 7.04. The number of ether oxygens (including phenoxy) is 1. The van der Waals surface area contributed by atoms with E-state index < -0.39 is 0 Å². The van der Waals surface area contributed by atoms with Gasteiger partial charge in [-0.2, -0.15) is 0 Å². The fourth-order valence-electron chi connectivity index (χ4n) is 2.50. The molecular formula is C14H24N2O2. The van der Waals surface area contributed by atoms with Gasteiger partial charge in [0.25, 0.3) is 0 Å². The van der Waals surface area contributed by atoms with E-state index in [-0.39, 0.29) is 0 Å². The fraction of sp³-hybridized carbons (Fsp3) is 0.786. The highest BCUT2D eigenvalue weighted by atomic mass is 16.5. The Hall–Kier alpha value is -0.870. The Kier molecular flexibility index (Phi) is 5.68. The van der Waals surface area contributed by atoms with Crippen molar-refractivity contribution in [3.8, 4) is 0 Å². The first-order chi connectivity index (χ1) is 8.90. The van der Waals surface area contributed by atoms with Gasteiger partial charge in [0.2, 0.25) is 0 Å². The molecule has 1 heterocycles. The number of aromatic nitrogens is 1. The molecule has 1 saturated carbocycles. The Morgan fingerprint density at radius 3 is 3.00 bits per heavy atom. The van der Waals surface area contributed by atoms with Crippen LogP contribution in [0, 0.1) is 0 Å². The van der Waals surface area contributed by atoms with Crippen LogP contribution in [0.1, 0.15) is 49.7 Å². The summed E-state index contributed by atoms with van der Waals surface area (Å²) in [6.45, 7) is 2.67. The summed E-state index contributed by atoms with van der Waals surface area (Å²) < 4.78 is 10.8. The summed E-state index contributed by atoms with van der Waals surface area (Å²) in [6, 6.07) is 0. The first-order valence-corrected chi connectivity index (χ1v) is 7.04. The second kappa shape index (κ2) is 7.54. The van der Waals surface area contributed by atoms with E-state index in [4.69, 9.17) is 9.15 Å². The topological polar surface area (TPSA) is 47.3 Å². The Labute approximate surface area is 109 Å². The molecule has 18 heavy (non-hydrogen) atoms. The zero-order valence-electron chi connectivity index (χ0n) is 11.3. The molecule has 1 aromatic heterocycles. The van der Waals surface area contributed by atoms with Crippen molar-refractivity contribution < 1.29 is 9.15 Å². The number of nitrogens with zero attached hydrogens (tertiary/aromatic N) is 1. The number of methoxy groups -OCH3 is 1. The number of hydrogen-bond acceptors (Lipinski definition) is 4. The van der Waals surface area contributed by atoms with Gasteiger partial charge in [-0.25, -0.2) is 4.98 Å². The molecule has 0 saturated heterocycles.